The highest BCUT2D eigenvalue weighted by molar-refractivity contribution is 5.25. The van der Waals surface area contributed by atoms with Gasteiger partial charge in [-0.3, -0.25) is 14.5 Å². The maximum Gasteiger partial charge on any atom is 0.115 e. The fourth-order valence-electron chi connectivity index (χ4n) is 3.03. The Kier molecular flexibility index (Phi) is 4.92. The molecule has 24 heavy (non-hydrogen) atoms. The quantitative estimate of drug-likeness (QED) is 0.937. The second-order valence-electron chi connectivity index (χ2n) is 7.68. The van der Waals surface area contributed by atoms with E-state index in [4.69, 9.17) is 0 Å². The minimum Gasteiger partial charge on any atom is -0.508 e. The van der Waals surface area contributed by atoms with E-state index in [1.165, 1.54) is 11.1 Å². The molecule has 5 nitrogen and oxygen atoms in total. The lowest BCUT2D eigenvalue weighted by Gasteiger charge is -2.34. The Morgan fingerprint density at radius 3 is 1.96 bits per heavy atom. The number of aromatic hydroxyl groups is 1. The highest BCUT2D eigenvalue weighted by Gasteiger charge is 2.19. The fourth-order valence-corrected chi connectivity index (χ4v) is 3.03. The summed E-state index contributed by atoms with van der Waals surface area (Å²) in [6, 6.07) is 7.53. The van der Waals surface area contributed by atoms with Crippen LogP contribution < -0.4 is 0 Å². The average molecular weight is 328 g/mol. The maximum atomic E-state index is 9.36. The Hall–Kier alpha value is -1.85. The molecular formula is C19H28N4O. The molecule has 0 saturated carbocycles. The lowest BCUT2D eigenvalue weighted by molar-refractivity contribution is 0.122. The van der Waals surface area contributed by atoms with E-state index in [2.05, 4.69) is 41.9 Å². The molecular weight excluding hydrogens is 300 g/mol. The van der Waals surface area contributed by atoms with Gasteiger partial charge in [-0.05, 0) is 38.5 Å². The fraction of sp³-hybridized carbons (Fsp3) is 0.526. The number of benzene rings is 1. The average Bonchev–Trinajstić information content (AvgIpc) is 3.00. The van der Waals surface area contributed by atoms with Crippen molar-refractivity contribution in [1.29, 1.82) is 0 Å². The molecule has 0 aliphatic carbocycles. The Labute approximate surface area is 144 Å². The minimum atomic E-state index is 0.0427. The Bertz CT molecular complexity index is 649. The van der Waals surface area contributed by atoms with Crippen LogP contribution in [-0.4, -0.2) is 50.9 Å². The minimum absolute atomic E-state index is 0.0427. The van der Waals surface area contributed by atoms with Crippen LogP contribution in [-0.2, 0) is 18.6 Å². The lowest BCUT2D eigenvalue weighted by Crippen LogP contribution is -2.45. The third-order valence-corrected chi connectivity index (χ3v) is 4.54. The highest BCUT2D eigenvalue weighted by atomic mass is 16.3. The van der Waals surface area contributed by atoms with Crippen molar-refractivity contribution in [2.45, 2.75) is 39.4 Å². The zero-order valence-electron chi connectivity index (χ0n) is 14.9. The van der Waals surface area contributed by atoms with Gasteiger partial charge in [-0.15, -0.1) is 0 Å². The highest BCUT2D eigenvalue weighted by Crippen LogP contribution is 2.16. The summed E-state index contributed by atoms with van der Waals surface area (Å²) in [5.41, 5.74) is 2.59. The molecule has 0 amide bonds. The summed E-state index contributed by atoms with van der Waals surface area (Å²) in [7, 11) is 0. The SMILES string of the molecule is CC(C)(C)n1cc(CN2CCN(Cc3ccc(O)cc3)CC2)cn1. The zero-order chi connectivity index (χ0) is 17.2. The Balaban J connectivity index is 1.48. The third kappa shape index (κ3) is 4.36. The van der Waals surface area contributed by atoms with Crippen LogP contribution in [0, 0.1) is 0 Å². The predicted octanol–water partition coefficient (Wildman–Crippen LogP) is 2.66. The van der Waals surface area contributed by atoms with Crippen LogP contribution in [0.3, 0.4) is 0 Å². The molecule has 1 fully saturated rings. The van der Waals surface area contributed by atoms with Crippen LogP contribution in [0.2, 0.25) is 0 Å². The molecule has 2 heterocycles. The summed E-state index contributed by atoms with van der Waals surface area (Å²) in [6.07, 6.45) is 4.16. The number of nitrogens with zero attached hydrogens (tertiary/aromatic N) is 4. The van der Waals surface area contributed by atoms with Crippen molar-refractivity contribution in [3.05, 3.63) is 47.8 Å². The lowest BCUT2D eigenvalue weighted by atomic mass is 10.1. The normalized spacial score (nSPS) is 17.3. The first-order valence-electron chi connectivity index (χ1n) is 8.67. The van der Waals surface area contributed by atoms with Crippen molar-refractivity contribution >= 4 is 0 Å². The van der Waals surface area contributed by atoms with E-state index in [0.29, 0.717) is 5.75 Å². The molecule has 1 aromatic heterocycles. The molecule has 1 N–H and O–H groups in total. The second-order valence-corrected chi connectivity index (χ2v) is 7.68. The largest absolute Gasteiger partial charge is 0.508 e. The first kappa shape index (κ1) is 17.0. The topological polar surface area (TPSA) is 44.5 Å². The van der Waals surface area contributed by atoms with Gasteiger partial charge >= 0.3 is 0 Å². The van der Waals surface area contributed by atoms with Crippen LogP contribution >= 0.6 is 0 Å². The second kappa shape index (κ2) is 6.95. The number of hydrogen-bond acceptors (Lipinski definition) is 4. The molecule has 0 radical (unpaired) electrons. The Morgan fingerprint density at radius 2 is 1.46 bits per heavy atom. The molecule has 0 unspecified atom stereocenters. The van der Waals surface area contributed by atoms with E-state index in [-0.39, 0.29) is 5.54 Å². The molecule has 3 rings (SSSR count). The van der Waals surface area contributed by atoms with Gasteiger partial charge in [0.05, 0.1) is 11.7 Å². The Morgan fingerprint density at radius 1 is 0.917 bits per heavy atom. The molecule has 5 heteroatoms. The predicted molar refractivity (Wildman–Crippen MR) is 95.9 cm³/mol. The molecule has 130 valence electrons. The van der Waals surface area contributed by atoms with Crippen molar-refractivity contribution < 1.29 is 5.11 Å². The van der Waals surface area contributed by atoms with E-state index in [9.17, 15) is 5.11 Å². The molecule has 1 aliphatic heterocycles. The number of rotatable bonds is 4. The first-order chi connectivity index (χ1) is 11.4. The summed E-state index contributed by atoms with van der Waals surface area (Å²) in [5.74, 6) is 0.333. The molecule has 1 aromatic carbocycles. The first-order valence-corrected chi connectivity index (χ1v) is 8.67. The van der Waals surface area contributed by atoms with Crippen LogP contribution in [0.1, 0.15) is 31.9 Å². The summed E-state index contributed by atoms with van der Waals surface area (Å²) in [5, 5.41) is 13.9. The van der Waals surface area contributed by atoms with Gasteiger partial charge in [0.2, 0.25) is 0 Å². The number of hydrogen-bond donors (Lipinski definition) is 1. The van der Waals surface area contributed by atoms with Gasteiger partial charge < -0.3 is 5.11 Å². The van der Waals surface area contributed by atoms with Gasteiger partial charge in [0, 0.05) is 51.0 Å². The summed E-state index contributed by atoms with van der Waals surface area (Å²) in [6.45, 7) is 12.8. The number of aromatic nitrogens is 2. The van der Waals surface area contributed by atoms with Crippen LogP contribution in [0.15, 0.2) is 36.7 Å². The smallest absolute Gasteiger partial charge is 0.115 e. The number of piperazine rings is 1. The zero-order valence-corrected chi connectivity index (χ0v) is 14.9. The van der Waals surface area contributed by atoms with E-state index >= 15 is 0 Å². The molecule has 0 atom stereocenters. The summed E-state index contributed by atoms with van der Waals surface area (Å²) in [4.78, 5) is 4.97. The van der Waals surface area contributed by atoms with Crippen molar-refractivity contribution in [3.8, 4) is 5.75 Å². The third-order valence-electron chi connectivity index (χ3n) is 4.54. The molecule has 0 spiro atoms. The van der Waals surface area contributed by atoms with E-state index in [0.717, 1.165) is 39.3 Å². The van der Waals surface area contributed by atoms with E-state index < -0.39 is 0 Å². The van der Waals surface area contributed by atoms with Crippen molar-refractivity contribution in [3.63, 3.8) is 0 Å². The summed E-state index contributed by atoms with van der Waals surface area (Å²) < 4.78 is 2.05. The molecule has 1 saturated heterocycles. The van der Waals surface area contributed by atoms with Crippen LogP contribution in [0.5, 0.6) is 5.75 Å². The molecule has 0 bridgehead atoms. The van der Waals surface area contributed by atoms with Gasteiger partial charge in [-0.25, -0.2) is 0 Å². The monoisotopic (exact) mass is 328 g/mol. The van der Waals surface area contributed by atoms with Gasteiger partial charge in [-0.1, -0.05) is 12.1 Å². The van der Waals surface area contributed by atoms with Crippen molar-refractivity contribution in [2.75, 3.05) is 26.2 Å². The van der Waals surface area contributed by atoms with Crippen LogP contribution in [0.25, 0.3) is 0 Å². The van der Waals surface area contributed by atoms with Gasteiger partial charge in [0.15, 0.2) is 0 Å². The van der Waals surface area contributed by atoms with Gasteiger partial charge in [-0.2, -0.15) is 5.10 Å². The number of phenolic OH excluding ortho intramolecular Hbond substituents is 1. The van der Waals surface area contributed by atoms with Crippen LogP contribution in [0.4, 0.5) is 0 Å². The van der Waals surface area contributed by atoms with Gasteiger partial charge in [0.1, 0.15) is 5.75 Å². The standard InChI is InChI=1S/C19H28N4O/c1-19(2,3)23-15-17(12-20-23)14-22-10-8-21(9-11-22)13-16-4-6-18(24)7-5-16/h4-7,12,15,24H,8-11,13-14H2,1-3H3. The maximum absolute atomic E-state index is 9.36. The van der Waals surface area contributed by atoms with Crippen molar-refractivity contribution in [2.24, 2.45) is 0 Å². The summed E-state index contributed by atoms with van der Waals surface area (Å²) >= 11 is 0. The van der Waals surface area contributed by atoms with E-state index in [1.807, 2.05) is 23.0 Å². The molecule has 2 aromatic rings. The van der Waals surface area contributed by atoms with Crippen molar-refractivity contribution in [1.82, 2.24) is 19.6 Å². The van der Waals surface area contributed by atoms with E-state index in [1.54, 1.807) is 12.1 Å². The number of phenols is 1. The van der Waals surface area contributed by atoms with Gasteiger partial charge in [0.25, 0.3) is 0 Å². The molecule has 1 aliphatic rings.